The van der Waals surface area contributed by atoms with E-state index in [-0.39, 0.29) is 41.2 Å². The van der Waals surface area contributed by atoms with E-state index in [9.17, 15) is 23.5 Å². The molecule has 1 spiro atoms. The van der Waals surface area contributed by atoms with Crippen LogP contribution in [0, 0.1) is 11.6 Å². The van der Waals surface area contributed by atoms with E-state index in [2.05, 4.69) is 10.6 Å². The number of fused-ring (bicyclic) bond motifs is 1. The summed E-state index contributed by atoms with van der Waals surface area (Å²) in [6, 6.07) is 17.1. The number of anilines is 1. The van der Waals surface area contributed by atoms with Crippen LogP contribution in [-0.2, 0) is 11.2 Å². The van der Waals surface area contributed by atoms with Crippen LogP contribution in [-0.4, -0.2) is 47.8 Å². The van der Waals surface area contributed by atoms with Gasteiger partial charge in [0.1, 0.15) is 23.0 Å². The molecule has 9 heteroatoms. The van der Waals surface area contributed by atoms with Crippen LogP contribution in [0.2, 0.25) is 0 Å². The molecule has 2 heterocycles. The summed E-state index contributed by atoms with van der Waals surface area (Å²) in [5, 5.41) is 17.8. The van der Waals surface area contributed by atoms with Crippen LogP contribution < -0.4 is 20.3 Å². The van der Waals surface area contributed by atoms with Crippen molar-refractivity contribution in [1.82, 2.24) is 10.6 Å². The molecule has 7 nitrogen and oxygen atoms in total. The largest absolute Gasteiger partial charge is 0.487 e. The molecule has 2 aliphatic heterocycles. The Morgan fingerprint density at radius 2 is 1.88 bits per heavy atom. The molecule has 0 bridgehead atoms. The molecule has 1 saturated heterocycles. The third-order valence-corrected chi connectivity index (χ3v) is 8.74. The number of halogens is 2. The summed E-state index contributed by atoms with van der Waals surface area (Å²) in [5.41, 5.74) is 1.66. The third-order valence-electron chi connectivity index (χ3n) is 8.74. The fourth-order valence-electron chi connectivity index (χ4n) is 6.27. The van der Waals surface area contributed by atoms with Gasteiger partial charge in [-0.1, -0.05) is 30.3 Å². The highest BCUT2D eigenvalue weighted by Crippen LogP contribution is 2.49. The van der Waals surface area contributed by atoms with Gasteiger partial charge in [-0.05, 0) is 74.1 Å². The quantitative estimate of drug-likeness (QED) is 0.340. The van der Waals surface area contributed by atoms with E-state index in [0.29, 0.717) is 38.0 Å². The lowest BCUT2D eigenvalue weighted by Gasteiger charge is -2.48. The Kier molecular flexibility index (Phi) is 7.96. The van der Waals surface area contributed by atoms with Gasteiger partial charge in [-0.3, -0.25) is 9.59 Å². The van der Waals surface area contributed by atoms with Crippen LogP contribution in [0.1, 0.15) is 66.1 Å². The minimum absolute atomic E-state index is 0.0855. The lowest BCUT2D eigenvalue weighted by molar-refractivity contribution is -0.117. The highest BCUT2D eigenvalue weighted by atomic mass is 19.1. The Morgan fingerprint density at radius 1 is 1.07 bits per heavy atom. The van der Waals surface area contributed by atoms with E-state index in [4.69, 9.17) is 4.74 Å². The van der Waals surface area contributed by atoms with Crippen molar-refractivity contribution in [2.45, 2.75) is 68.7 Å². The van der Waals surface area contributed by atoms with E-state index in [1.165, 1.54) is 35.2 Å². The van der Waals surface area contributed by atoms with E-state index in [0.717, 1.165) is 30.4 Å². The van der Waals surface area contributed by atoms with Crippen molar-refractivity contribution in [1.29, 1.82) is 0 Å². The average Bonchev–Trinajstić information content (AvgIpc) is 3.40. The Hall–Kier alpha value is -3.82. The first-order valence-electron chi connectivity index (χ1n) is 14.6. The van der Waals surface area contributed by atoms with Gasteiger partial charge in [0.2, 0.25) is 5.91 Å². The maximum atomic E-state index is 14.6. The molecule has 0 radical (unpaired) electrons. The number of aliphatic hydroxyl groups excluding tert-OH is 1. The third kappa shape index (κ3) is 5.89. The molecular formula is C33H35F2N3O4. The summed E-state index contributed by atoms with van der Waals surface area (Å²) >= 11 is 0. The average molecular weight is 576 g/mol. The minimum atomic E-state index is -0.994. The van der Waals surface area contributed by atoms with Gasteiger partial charge in [-0.25, -0.2) is 8.78 Å². The number of hydrogen-bond acceptors (Lipinski definition) is 5. The molecule has 0 aromatic heterocycles. The van der Waals surface area contributed by atoms with Gasteiger partial charge in [0, 0.05) is 43.1 Å². The number of hydrogen-bond donors (Lipinski definition) is 3. The second kappa shape index (κ2) is 11.8. The van der Waals surface area contributed by atoms with Gasteiger partial charge < -0.3 is 25.4 Å². The fourth-order valence-corrected chi connectivity index (χ4v) is 6.27. The highest BCUT2D eigenvalue weighted by Gasteiger charge is 2.45. The zero-order valence-corrected chi connectivity index (χ0v) is 23.3. The van der Waals surface area contributed by atoms with E-state index >= 15 is 0 Å². The predicted molar refractivity (Wildman–Crippen MR) is 154 cm³/mol. The molecule has 3 aliphatic rings. The lowest BCUT2D eigenvalue weighted by Crippen LogP contribution is -2.52. The van der Waals surface area contributed by atoms with Gasteiger partial charge in [-0.2, -0.15) is 0 Å². The first kappa shape index (κ1) is 28.3. The zero-order chi connectivity index (χ0) is 29.3. The standard InChI is InChI=1S/C33H35F2N3O4/c34-23-10-12-30-24(18-23)27(19-33(42-30)13-5-14-33)36-20-29(39)26(16-21-6-2-1-3-7-21)37-32(41)22-9-11-25(35)28(17-22)38-15-4-8-31(38)40/h1-3,6-7,9-12,17-18,26-27,29,36,39H,4-5,8,13-16,19-20H2,(H,37,41)/t26-,27-,29-/m0/s1. The Balaban J connectivity index is 1.20. The van der Waals surface area contributed by atoms with Gasteiger partial charge in [-0.15, -0.1) is 0 Å². The first-order valence-corrected chi connectivity index (χ1v) is 14.6. The van der Waals surface area contributed by atoms with Crippen LogP contribution in [0.4, 0.5) is 14.5 Å². The van der Waals surface area contributed by atoms with Crippen molar-refractivity contribution >= 4 is 17.5 Å². The predicted octanol–water partition coefficient (Wildman–Crippen LogP) is 4.83. The van der Waals surface area contributed by atoms with Crippen molar-refractivity contribution in [3.8, 4) is 5.75 Å². The number of carbonyl (C=O) groups is 2. The molecule has 2 amide bonds. The van der Waals surface area contributed by atoms with E-state index in [1.54, 1.807) is 6.07 Å². The molecule has 220 valence electrons. The summed E-state index contributed by atoms with van der Waals surface area (Å²) in [6.45, 7) is 0.549. The fraction of sp³-hybridized carbons (Fsp3) is 0.394. The number of rotatable bonds is 9. The number of aliphatic hydroxyl groups is 1. The molecule has 6 rings (SSSR count). The van der Waals surface area contributed by atoms with Crippen LogP contribution in [0.15, 0.2) is 66.7 Å². The molecular weight excluding hydrogens is 540 g/mol. The van der Waals surface area contributed by atoms with Gasteiger partial charge in [0.15, 0.2) is 0 Å². The normalized spacial score (nSPS) is 20.4. The summed E-state index contributed by atoms with van der Waals surface area (Å²) in [4.78, 5) is 27.0. The van der Waals surface area contributed by atoms with Crippen LogP contribution in [0.5, 0.6) is 5.75 Å². The van der Waals surface area contributed by atoms with Crippen LogP contribution >= 0.6 is 0 Å². The topological polar surface area (TPSA) is 90.9 Å². The van der Waals surface area contributed by atoms with Crippen molar-refractivity contribution in [2.24, 2.45) is 0 Å². The second-order valence-electron chi connectivity index (χ2n) is 11.6. The minimum Gasteiger partial charge on any atom is -0.487 e. The summed E-state index contributed by atoms with van der Waals surface area (Å²) in [6.07, 6.45) is 3.95. The molecule has 3 aromatic rings. The smallest absolute Gasteiger partial charge is 0.251 e. The van der Waals surface area contributed by atoms with Crippen molar-refractivity contribution in [3.63, 3.8) is 0 Å². The first-order chi connectivity index (χ1) is 20.3. The lowest BCUT2D eigenvalue weighted by atomic mass is 9.73. The maximum Gasteiger partial charge on any atom is 0.251 e. The molecule has 1 aliphatic carbocycles. The summed E-state index contributed by atoms with van der Waals surface area (Å²) in [5.74, 6) is -0.905. The zero-order valence-electron chi connectivity index (χ0n) is 23.3. The van der Waals surface area contributed by atoms with E-state index in [1.807, 2.05) is 30.3 Å². The Morgan fingerprint density at radius 3 is 2.60 bits per heavy atom. The van der Waals surface area contributed by atoms with Crippen molar-refractivity contribution < 1.29 is 28.2 Å². The number of benzene rings is 3. The number of nitrogens with one attached hydrogen (secondary N) is 2. The Labute approximate surface area is 243 Å². The molecule has 0 unspecified atom stereocenters. The molecule has 2 fully saturated rings. The Bertz CT molecular complexity index is 1460. The van der Waals surface area contributed by atoms with Gasteiger partial charge in [0.25, 0.3) is 5.91 Å². The molecule has 1 saturated carbocycles. The van der Waals surface area contributed by atoms with Gasteiger partial charge in [0.05, 0.1) is 17.8 Å². The summed E-state index contributed by atoms with van der Waals surface area (Å²) in [7, 11) is 0. The molecule has 3 atom stereocenters. The number of ether oxygens (including phenoxy) is 1. The van der Waals surface area contributed by atoms with Crippen molar-refractivity contribution in [3.05, 3.63) is 95.1 Å². The maximum absolute atomic E-state index is 14.6. The second-order valence-corrected chi connectivity index (χ2v) is 11.6. The molecule has 42 heavy (non-hydrogen) atoms. The number of nitrogens with zero attached hydrogens (tertiary/aromatic N) is 1. The van der Waals surface area contributed by atoms with Crippen molar-refractivity contribution in [2.75, 3.05) is 18.0 Å². The number of carbonyl (C=O) groups excluding carboxylic acids is 2. The van der Waals surface area contributed by atoms with Crippen LogP contribution in [0.3, 0.4) is 0 Å². The summed E-state index contributed by atoms with van der Waals surface area (Å²) < 4.78 is 35.1. The van der Waals surface area contributed by atoms with E-state index < -0.39 is 23.9 Å². The molecule has 3 N–H and O–H groups in total. The SMILES string of the molecule is O=C(N[C@@H](Cc1ccccc1)[C@@H](O)CN[C@H]1CC2(CCC2)Oc2ccc(F)cc21)c1ccc(F)c(N2CCCC2=O)c1. The molecule has 3 aromatic carbocycles. The van der Waals surface area contributed by atoms with Gasteiger partial charge >= 0.3 is 0 Å². The van der Waals surface area contributed by atoms with Crippen LogP contribution in [0.25, 0.3) is 0 Å². The monoisotopic (exact) mass is 575 g/mol. The number of amides is 2. The highest BCUT2D eigenvalue weighted by molar-refractivity contribution is 5.99.